The molecule has 0 unspecified atom stereocenters. The number of nitrogens with zero attached hydrogens (tertiary/aromatic N) is 4. The number of amides is 2. The summed E-state index contributed by atoms with van der Waals surface area (Å²) >= 11 is 3.52. The van der Waals surface area contributed by atoms with Crippen molar-refractivity contribution < 1.29 is 53.3 Å². The number of anilines is 1. The third-order valence-electron chi connectivity index (χ3n) is 6.84. The van der Waals surface area contributed by atoms with Crippen molar-refractivity contribution >= 4 is 81.4 Å². The quantitative estimate of drug-likeness (QED) is 0.0489. The van der Waals surface area contributed by atoms with Gasteiger partial charge in [-0.3, -0.25) is 29.1 Å². The number of carboxylic acid groups (broad SMARTS) is 2. The number of thioether (sulfide) groups is 2. The minimum Gasteiger partial charge on any atom is -0.478 e. The van der Waals surface area contributed by atoms with Gasteiger partial charge in [0.1, 0.15) is 22.8 Å². The highest BCUT2D eigenvalue weighted by atomic mass is 32.2. The summed E-state index contributed by atoms with van der Waals surface area (Å²) in [5, 5.41) is 28.6. The van der Waals surface area contributed by atoms with Gasteiger partial charge in [0.2, 0.25) is 6.10 Å². The Balaban J connectivity index is 1.37. The Labute approximate surface area is 300 Å². The average Bonchev–Trinajstić information content (AvgIpc) is 3.51. The number of benzene rings is 1. The molecular weight excluding hydrogens is 729 g/mol. The smallest absolute Gasteiger partial charge is 0.352 e. The number of carbonyl (C=O) groups is 6. The van der Waals surface area contributed by atoms with Gasteiger partial charge in [-0.15, -0.1) is 23.1 Å². The molecule has 4 heterocycles. The lowest BCUT2D eigenvalue weighted by molar-refractivity contribution is -0.151. The van der Waals surface area contributed by atoms with Crippen LogP contribution in [0.5, 0.6) is 11.5 Å². The second kappa shape index (κ2) is 15.9. The van der Waals surface area contributed by atoms with Gasteiger partial charge in [0.15, 0.2) is 22.3 Å². The number of carbonyl (C=O) groups excluding carboxylic acids is 4. The molecule has 3 atom stereocenters. The molecule has 17 nitrogen and oxygen atoms in total. The van der Waals surface area contributed by atoms with E-state index in [2.05, 4.69) is 20.4 Å². The average molecular weight is 755 g/mol. The molecule has 0 aliphatic carbocycles. The fourth-order valence-corrected chi connectivity index (χ4v) is 7.24. The van der Waals surface area contributed by atoms with E-state index in [1.807, 2.05) is 0 Å². The number of ether oxygens (including phenoxy) is 2. The summed E-state index contributed by atoms with van der Waals surface area (Å²) in [4.78, 5) is 89.9. The molecule has 1 aromatic carbocycles. The minimum atomic E-state index is -1.88. The number of nitrogens with two attached hydrogens (primary N) is 1. The second-order valence-corrected chi connectivity index (χ2v) is 13.3. The number of allylic oxidation sites excluding steroid dienone is 1. The zero-order valence-electron chi connectivity index (χ0n) is 26.4. The highest BCUT2D eigenvalue weighted by Gasteiger charge is 2.54. The maximum Gasteiger partial charge on any atom is 0.352 e. The van der Waals surface area contributed by atoms with Gasteiger partial charge in [-0.1, -0.05) is 23.0 Å². The third-order valence-corrected chi connectivity index (χ3v) is 9.63. The van der Waals surface area contributed by atoms with Crippen molar-refractivity contribution in [3.63, 3.8) is 0 Å². The molecule has 3 aromatic rings. The molecule has 1 fully saturated rings. The van der Waals surface area contributed by atoms with Gasteiger partial charge in [-0.05, 0) is 41.3 Å². The molecule has 0 saturated carbocycles. The van der Waals surface area contributed by atoms with Crippen molar-refractivity contribution in [3.8, 4) is 11.5 Å². The van der Waals surface area contributed by atoms with E-state index in [4.69, 9.17) is 20.0 Å². The number of thiazole rings is 1. The Kier molecular flexibility index (Phi) is 11.4. The number of rotatable bonds is 13. The lowest BCUT2D eigenvalue weighted by atomic mass is 10.0. The van der Waals surface area contributed by atoms with Crippen LogP contribution >= 0.6 is 34.9 Å². The highest BCUT2D eigenvalue weighted by Crippen LogP contribution is 2.41. The summed E-state index contributed by atoms with van der Waals surface area (Å²) < 4.78 is 10.1. The molecule has 2 aliphatic heterocycles. The molecule has 264 valence electrons. The molecule has 5 N–H and O–H groups in total. The van der Waals surface area contributed by atoms with E-state index >= 15 is 0 Å². The van der Waals surface area contributed by atoms with Crippen molar-refractivity contribution in [2.45, 2.75) is 36.3 Å². The zero-order valence-corrected chi connectivity index (χ0v) is 28.8. The number of nitrogens with one attached hydrogen (secondary N) is 1. The van der Waals surface area contributed by atoms with Crippen LogP contribution in [0.4, 0.5) is 5.13 Å². The van der Waals surface area contributed by atoms with Crippen molar-refractivity contribution in [1.29, 1.82) is 0 Å². The van der Waals surface area contributed by atoms with E-state index in [0.29, 0.717) is 5.57 Å². The number of carboxylic acids is 2. The van der Waals surface area contributed by atoms with Crippen molar-refractivity contribution in [2.75, 3.05) is 11.5 Å². The number of pyridine rings is 1. The first-order valence-electron chi connectivity index (χ1n) is 14.5. The van der Waals surface area contributed by atoms with E-state index in [9.17, 15) is 39.0 Å². The first kappa shape index (κ1) is 36.5. The maximum atomic E-state index is 13.6. The Morgan fingerprint density at radius 3 is 2.43 bits per heavy atom. The lowest BCUT2D eigenvalue weighted by Crippen LogP contribution is -2.71. The normalized spacial score (nSPS) is 17.6. The first-order valence-corrected chi connectivity index (χ1v) is 17.3. The van der Waals surface area contributed by atoms with Gasteiger partial charge in [0.25, 0.3) is 11.8 Å². The molecule has 0 radical (unpaired) electrons. The predicted octanol–water partition coefficient (Wildman–Crippen LogP) is 2.56. The molecule has 51 heavy (non-hydrogen) atoms. The first-order chi connectivity index (χ1) is 24.3. The molecule has 2 aromatic heterocycles. The van der Waals surface area contributed by atoms with Gasteiger partial charge in [0.05, 0.1) is 0 Å². The Bertz CT molecular complexity index is 2000. The summed E-state index contributed by atoms with van der Waals surface area (Å²) in [7, 11) is 0. The molecule has 0 spiro atoms. The van der Waals surface area contributed by atoms with Crippen LogP contribution in [0.15, 0.2) is 80.9 Å². The topological polar surface area (TPSA) is 250 Å². The van der Waals surface area contributed by atoms with Crippen molar-refractivity contribution in [1.82, 2.24) is 20.2 Å². The molecule has 5 rings (SSSR count). The molecule has 20 heteroatoms. The summed E-state index contributed by atoms with van der Waals surface area (Å²) in [6, 6.07) is 5.89. The Morgan fingerprint density at radius 1 is 1.10 bits per heavy atom. The number of hydrogen-bond donors (Lipinski definition) is 4. The summed E-state index contributed by atoms with van der Waals surface area (Å²) in [5.74, 6) is -6.32. The van der Waals surface area contributed by atoms with Crippen molar-refractivity contribution in [2.24, 2.45) is 5.16 Å². The summed E-state index contributed by atoms with van der Waals surface area (Å²) in [6.07, 6.45) is 2.98. The number of fused-ring (bicyclic) bond motifs is 1. The van der Waals surface area contributed by atoms with Crippen molar-refractivity contribution in [3.05, 3.63) is 82.1 Å². The molecular formula is C31H26N6O11S3. The van der Waals surface area contributed by atoms with Crippen LogP contribution in [0.2, 0.25) is 0 Å². The number of aliphatic carboxylic acids is 2. The van der Waals surface area contributed by atoms with E-state index in [1.165, 1.54) is 41.0 Å². The second-order valence-electron chi connectivity index (χ2n) is 10.4. The van der Waals surface area contributed by atoms with Gasteiger partial charge < -0.3 is 35.6 Å². The van der Waals surface area contributed by atoms with Crippen LogP contribution in [0, 0.1) is 0 Å². The van der Waals surface area contributed by atoms with Crippen LogP contribution in [0.25, 0.3) is 0 Å². The van der Waals surface area contributed by atoms with Crippen LogP contribution in [-0.4, -0.2) is 83.7 Å². The predicted molar refractivity (Wildman–Crippen MR) is 183 cm³/mol. The van der Waals surface area contributed by atoms with Crippen LogP contribution < -0.4 is 20.5 Å². The number of oxime groups is 1. The van der Waals surface area contributed by atoms with E-state index in [1.54, 1.807) is 36.0 Å². The van der Waals surface area contributed by atoms with Gasteiger partial charge in [-0.25, -0.2) is 14.6 Å². The Morgan fingerprint density at radius 2 is 1.80 bits per heavy atom. The lowest BCUT2D eigenvalue weighted by Gasteiger charge is -2.49. The largest absolute Gasteiger partial charge is 0.478 e. The number of β-lactam (4-membered cyclic amide) rings is 1. The summed E-state index contributed by atoms with van der Waals surface area (Å²) in [6.45, 7) is 2.20. The highest BCUT2D eigenvalue weighted by molar-refractivity contribution is 8.02. The number of hydrogen-bond acceptors (Lipinski definition) is 16. The van der Waals surface area contributed by atoms with E-state index in [0.717, 1.165) is 41.0 Å². The monoisotopic (exact) mass is 754 g/mol. The SMILES string of the molecule is CC(=O)Oc1ccc([C@@H](O/N=C(\C(=O)N[C@@H]2C(=O)N3C(C(=O)O)=C(/C=C/Sc4ccncc4)CS[C@@H]23)c2csc(N)n2)C(=O)O)cc1OC(C)=O. The Hall–Kier alpha value is -5.73. The van der Waals surface area contributed by atoms with Gasteiger partial charge >= 0.3 is 23.9 Å². The molecule has 1 saturated heterocycles. The third kappa shape index (κ3) is 8.53. The van der Waals surface area contributed by atoms with E-state index in [-0.39, 0.29) is 39.3 Å². The minimum absolute atomic E-state index is 0.0417. The molecule has 2 aliphatic rings. The number of aromatic nitrogens is 2. The molecule has 2 amide bonds. The fraction of sp³-hybridized carbons (Fsp3) is 0.194. The van der Waals surface area contributed by atoms with Crippen LogP contribution in [-0.2, 0) is 33.6 Å². The number of esters is 2. The van der Waals surface area contributed by atoms with Gasteiger partial charge in [-0.2, -0.15) is 0 Å². The van der Waals surface area contributed by atoms with Crippen LogP contribution in [0.3, 0.4) is 0 Å². The zero-order chi connectivity index (χ0) is 36.8. The maximum absolute atomic E-state index is 13.6. The molecule has 0 bridgehead atoms. The number of nitrogen functional groups attached to an aromatic ring is 1. The van der Waals surface area contributed by atoms with E-state index < -0.39 is 58.9 Å². The van der Waals surface area contributed by atoms with Crippen LogP contribution in [0.1, 0.15) is 31.2 Å². The fourth-order valence-electron chi connectivity index (χ4n) is 4.71. The van der Waals surface area contributed by atoms with Gasteiger partial charge in [0, 0.05) is 47.8 Å². The standard InChI is InChI=1S/C31H26N6O11S3/c1-14(38)46-20-4-3-16(11-21(20)47-15(2)39)25(30(44)45)48-36-22(19-13-51-31(32)34-19)26(40)35-23-27(41)37-24(29(42)43)17(12-50-28(23)37)7-10-49-18-5-8-33-9-6-18/h3-11,13,23,25,28H,12H2,1-2H3,(H2,32,34)(H,35,40)(H,42,43)(H,44,45)/b10-7+,36-22-/t23-,25-,28+/m1/s1. The summed E-state index contributed by atoms with van der Waals surface area (Å²) in [5.41, 5.74) is 5.19.